The average Bonchev–Trinajstić information content (AvgIpc) is 3.58. The normalized spacial score (nSPS) is 11.2. The highest BCUT2D eigenvalue weighted by atomic mass is 32.1. The average molecular weight is 656 g/mol. The molecular weight excluding hydrogens is 623 g/mol. The van der Waals surface area contributed by atoms with E-state index in [0.717, 1.165) is 17.1 Å². The molecule has 0 atom stereocenters. The molecule has 9 rings (SSSR count). The number of hydrogen-bond acceptors (Lipinski definition) is 2. The van der Waals surface area contributed by atoms with Crippen molar-refractivity contribution >= 4 is 48.6 Å². The Kier molecular flexibility index (Phi) is 7.77. The van der Waals surface area contributed by atoms with Crippen LogP contribution >= 0.6 is 11.3 Å². The second kappa shape index (κ2) is 13.0. The van der Waals surface area contributed by atoms with E-state index in [1.165, 1.54) is 64.7 Å². The van der Waals surface area contributed by atoms with Gasteiger partial charge in [-0.1, -0.05) is 146 Å². The lowest BCUT2D eigenvalue weighted by Gasteiger charge is -2.26. The summed E-state index contributed by atoms with van der Waals surface area (Å²) in [5.74, 6) is 0. The minimum atomic E-state index is 1.11. The zero-order chi connectivity index (χ0) is 33.3. The van der Waals surface area contributed by atoms with Gasteiger partial charge in [-0.25, -0.2) is 0 Å². The van der Waals surface area contributed by atoms with Gasteiger partial charge in [0.15, 0.2) is 0 Å². The van der Waals surface area contributed by atoms with Crippen molar-refractivity contribution in [2.24, 2.45) is 0 Å². The third kappa shape index (κ3) is 5.66. The van der Waals surface area contributed by atoms with E-state index in [9.17, 15) is 0 Å². The minimum Gasteiger partial charge on any atom is -0.311 e. The van der Waals surface area contributed by atoms with E-state index in [-0.39, 0.29) is 0 Å². The van der Waals surface area contributed by atoms with Crippen molar-refractivity contribution in [3.8, 4) is 44.5 Å². The van der Waals surface area contributed by atoms with Crippen LogP contribution in [0, 0.1) is 0 Å². The highest BCUT2D eigenvalue weighted by molar-refractivity contribution is 7.25. The first kappa shape index (κ1) is 29.9. The van der Waals surface area contributed by atoms with Crippen molar-refractivity contribution in [1.29, 1.82) is 0 Å². The Morgan fingerprint density at radius 3 is 1.24 bits per heavy atom. The van der Waals surface area contributed by atoms with Crippen LogP contribution in [0.5, 0.6) is 0 Å². The van der Waals surface area contributed by atoms with Crippen LogP contribution in [-0.2, 0) is 0 Å². The number of thiophene rings is 1. The summed E-state index contributed by atoms with van der Waals surface area (Å²) in [5, 5.41) is 2.64. The fourth-order valence-electron chi connectivity index (χ4n) is 6.98. The molecule has 0 aliphatic heterocycles. The Morgan fingerprint density at radius 2 is 0.680 bits per heavy atom. The predicted octanol–water partition coefficient (Wildman–Crippen LogP) is 14.2. The summed E-state index contributed by atoms with van der Waals surface area (Å²) in [4.78, 5) is 2.34. The maximum atomic E-state index is 2.36. The van der Waals surface area contributed by atoms with E-state index < -0.39 is 0 Å². The highest BCUT2D eigenvalue weighted by Crippen LogP contribution is 2.41. The summed E-state index contributed by atoms with van der Waals surface area (Å²) in [6.45, 7) is 0. The van der Waals surface area contributed by atoms with E-state index in [4.69, 9.17) is 0 Å². The third-order valence-electron chi connectivity index (χ3n) is 9.52. The summed E-state index contributed by atoms with van der Waals surface area (Å²) in [6.07, 6.45) is 0. The molecule has 0 radical (unpaired) electrons. The molecule has 0 spiro atoms. The van der Waals surface area contributed by atoms with E-state index in [0.29, 0.717) is 0 Å². The molecule has 236 valence electrons. The molecule has 0 amide bonds. The van der Waals surface area contributed by atoms with Crippen molar-refractivity contribution in [1.82, 2.24) is 0 Å². The summed E-state index contributed by atoms with van der Waals surface area (Å²) >= 11 is 1.86. The van der Waals surface area contributed by atoms with Crippen LogP contribution in [0.4, 0.5) is 17.1 Å². The smallest absolute Gasteiger partial charge is 0.0462 e. The van der Waals surface area contributed by atoms with Gasteiger partial charge in [0.25, 0.3) is 0 Å². The van der Waals surface area contributed by atoms with Crippen molar-refractivity contribution in [2.75, 3.05) is 4.90 Å². The summed E-state index contributed by atoms with van der Waals surface area (Å²) in [7, 11) is 0. The van der Waals surface area contributed by atoms with Crippen molar-refractivity contribution in [2.45, 2.75) is 0 Å². The van der Waals surface area contributed by atoms with Gasteiger partial charge in [0.05, 0.1) is 0 Å². The van der Waals surface area contributed by atoms with Gasteiger partial charge in [-0.15, -0.1) is 11.3 Å². The summed E-state index contributed by atoms with van der Waals surface area (Å²) in [5.41, 5.74) is 13.1. The molecule has 0 unspecified atom stereocenters. The monoisotopic (exact) mass is 655 g/mol. The fourth-order valence-corrected chi connectivity index (χ4v) is 8.07. The van der Waals surface area contributed by atoms with Crippen LogP contribution in [0.15, 0.2) is 200 Å². The van der Waals surface area contributed by atoms with E-state index >= 15 is 0 Å². The first-order valence-corrected chi connectivity index (χ1v) is 17.8. The number of hydrogen-bond donors (Lipinski definition) is 0. The number of fused-ring (bicyclic) bond motifs is 3. The van der Waals surface area contributed by atoms with Crippen molar-refractivity contribution in [3.05, 3.63) is 200 Å². The largest absolute Gasteiger partial charge is 0.311 e. The molecule has 0 aliphatic carbocycles. The lowest BCUT2D eigenvalue weighted by Crippen LogP contribution is -2.09. The molecule has 1 heterocycles. The molecule has 0 saturated heterocycles. The minimum absolute atomic E-state index is 1.11. The molecule has 9 aromatic rings. The molecule has 0 bridgehead atoms. The van der Waals surface area contributed by atoms with Crippen LogP contribution < -0.4 is 4.90 Å². The summed E-state index contributed by atoms with van der Waals surface area (Å²) in [6, 6.07) is 72.3. The van der Waals surface area contributed by atoms with Crippen LogP contribution in [0.3, 0.4) is 0 Å². The van der Waals surface area contributed by atoms with Gasteiger partial charge >= 0.3 is 0 Å². The summed E-state index contributed by atoms with van der Waals surface area (Å²) < 4.78 is 2.66. The van der Waals surface area contributed by atoms with Gasteiger partial charge in [-0.05, 0) is 99.1 Å². The number of nitrogens with zero attached hydrogens (tertiary/aromatic N) is 1. The predicted molar refractivity (Wildman–Crippen MR) is 216 cm³/mol. The Morgan fingerprint density at radius 1 is 0.280 bits per heavy atom. The van der Waals surface area contributed by atoms with Gasteiger partial charge in [-0.2, -0.15) is 0 Å². The lowest BCUT2D eigenvalue weighted by atomic mass is 9.93. The van der Waals surface area contributed by atoms with Gasteiger partial charge in [0.1, 0.15) is 0 Å². The molecule has 0 aliphatic rings. The number of benzene rings is 8. The van der Waals surface area contributed by atoms with Crippen LogP contribution in [0.1, 0.15) is 0 Å². The maximum Gasteiger partial charge on any atom is 0.0462 e. The number of rotatable bonds is 7. The molecule has 8 aromatic carbocycles. The van der Waals surface area contributed by atoms with Crippen LogP contribution in [0.2, 0.25) is 0 Å². The highest BCUT2D eigenvalue weighted by Gasteiger charge is 2.15. The molecular formula is C48H33NS. The Balaban J connectivity index is 1.09. The van der Waals surface area contributed by atoms with Crippen molar-refractivity contribution < 1.29 is 0 Å². The maximum absolute atomic E-state index is 2.36. The Hall–Kier alpha value is -6.22. The molecule has 1 nitrogen and oxygen atoms in total. The lowest BCUT2D eigenvalue weighted by molar-refractivity contribution is 1.28. The molecule has 2 heteroatoms. The first-order valence-electron chi connectivity index (χ1n) is 17.0. The zero-order valence-electron chi connectivity index (χ0n) is 27.4. The molecule has 0 saturated carbocycles. The quantitative estimate of drug-likeness (QED) is 0.165. The van der Waals surface area contributed by atoms with Crippen molar-refractivity contribution in [3.63, 3.8) is 0 Å². The third-order valence-corrected chi connectivity index (χ3v) is 10.7. The van der Waals surface area contributed by atoms with Gasteiger partial charge in [-0.3, -0.25) is 0 Å². The van der Waals surface area contributed by atoms with E-state index in [1.54, 1.807) is 0 Å². The number of anilines is 3. The zero-order valence-corrected chi connectivity index (χ0v) is 28.2. The second-order valence-corrected chi connectivity index (χ2v) is 13.6. The second-order valence-electron chi connectivity index (χ2n) is 12.6. The van der Waals surface area contributed by atoms with Crippen LogP contribution in [-0.4, -0.2) is 0 Å². The van der Waals surface area contributed by atoms with Gasteiger partial charge < -0.3 is 4.90 Å². The first-order chi connectivity index (χ1) is 24.8. The Bertz CT molecular complexity index is 2470. The SMILES string of the molecule is c1ccc(-c2ccc(N(c3ccc(-c4ccccc4)cc3)c3ccc(-c4ccccc4-c4ccc5sc6ccccc6c5c4)cc3)cc2)cc1. The van der Waals surface area contributed by atoms with Gasteiger partial charge in [0, 0.05) is 37.2 Å². The Labute approximate surface area is 297 Å². The van der Waals surface area contributed by atoms with Crippen LogP contribution in [0.25, 0.3) is 64.7 Å². The van der Waals surface area contributed by atoms with E-state index in [1.807, 2.05) is 11.3 Å². The van der Waals surface area contributed by atoms with E-state index in [2.05, 4.69) is 205 Å². The standard InChI is InChI=1S/C48H33NS/c1-3-11-34(12-4-1)36-19-26-40(27-20-36)49(41-28-21-37(22-29-41)35-13-5-2-6-14-35)42-30-23-38(24-31-42)43-15-7-8-16-44(43)39-25-32-48-46(33-39)45-17-9-10-18-47(45)50-48/h1-33H. The fraction of sp³-hybridized carbons (Fsp3) is 0. The van der Waals surface area contributed by atoms with Gasteiger partial charge in [0.2, 0.25) is 0 Å². The molecule has 1 aromatic heterocycles. The molecule has 50 heavy (non-hydrogen) atoms. The molecule has 0 fully saturated rings. The topological polar surface area (TPSA) is 3.24 Å². The molecule has 0 N–H and O–H groups in total.